The number of carbonyl (C=O) groups is 2. The fraction of sp³-hybridized carbons (Fsp3) is 0.0952. The van der Waals surface area contributed by atoms with Crippen LogP contribution in [0.5, 0.6) is 0 Å². The van der Waals surface area contributed by atoms with Crippen molar-refractivity contribution < 1.29 is 19.8 Å². The molecule has 0 aliphatic heterocycles. The summed E-state index contributed by atoms with van der Waals surface area (Å²) in [6.45, 7) is 3.81. The maximum Gasteiger partial charge on any atom is 0.337 e. The molecule has 136 valence electrons. The van der Waals surface area contributed by atoms with Crippen LogP contribution in [-0.4, -0.2) is 32.9 Å². The monoisotopic (exact) mass is 362 g/mol. The van der Waals surface area contributed by atoms with Gasteiger partial charge in [0.05, 0.1) is 22.5 Å². The number of aliphatic imine (C=N–C) groups is 1. The molecule has 27 heavy (non-hydrogen) atoms. The Morgan fingerprint density at radius 3 is 2.26 bits per heavy atom. The molecule has 0 aliphatic rings. The van der Waals surface area contributed by atoms with E-state index in [0.717, 1.165) is 17.0 Å². The highest BCUT2D eigenvalue weighted by molar-refractivity contribution is 5.92. The largest absolute Gasteiger partial charge is 0.478 e. The first-order chi connectivity index (χ1) is 12.9. The number of aromatic carboxylic acids is 2. The van der Waals surface area contributed by atoms with Crippen molar-refractivity contribution >= 4 is 23.8 Å². The summed E-state index contributed by atoms with van der Waals surface area (Å²) in [6, 6.07) is 15.1. The van der Waals surface area contributed by atoms with Crippen LogP contribution in [0.15, 0.2) is 59.6 Å². The minimum absolute atomic E-state index is 0.206. The number of aromatic nitrogens is 1. The molecule has 0 saturated heterocycles. The number of aryl methyl sites for hydroxylation is 1. The molecule has 2 aromatic carbocycles. The number of rotatable bonds is 5. The van der Waals surface area contributed by atoms with Gasteiger partial charge in [0.25, 0.3) is 0 Å². The lowest BCUT2D eigenvalue weighted by Crippen LogP contribution is -2.07. The number of hydrogen-bond acceptors (Lipinski definition) is 3. The highest BCUT2D eigenvalue weighted by Crippen LogP contribution is 2.23. The van der Waals surface area contributed by atoms with E-state index in [-0.39, 0.29) is 11.1 Å². The van der Waals surface area contributed by atoms with Gasteiger partial charge in [0, 0.05) is 23.2 Å². The van der Waals surface area contributed by atoms with E-state index in [4.69, 9.17) is 5.11 Å². The second kappa shape index (κ2) is 7.29. The second-order valence-electron chi connectivity index (χ2n) is 6.09. The van der Waals surface area contributed by atoms with Gasteiger partial charge in [-0.25, -0.2) is 9.59 Å². The minimum atomic E-state index is -0.980. The summed E-state index contributed by atoms with van der Waals surface area (Å²) in [5.74, 6) is -1.96. The minimum Gasteiger partial charge on any atom is -0.478 e. The lowest BCUT2D eigenvalue weighted by molar-refractivity contribution is 0.0686. The van der Waals surface area contributed by atoms with Crippen LogP contribution in [-0.2, 0) is 0 Å². The van der Waals surface area contributed by atoms with Gasteiger partial charge in [-0.3, -0.25) is 4.99 Å². The van der Waals surface area contributed by atoms with E-state index < -0.39 is 11.9 Å². The first-order valence-corrected chi connectivity index (χ1v) is 8.27. The van der Waals surface area contributed by atoms with Gasteiger partial charge in [0.2, 0.25) is 0 Å². The average Bonchev–Trinajstić information content (AvgIpc) is 2.93. The lowest BCUT2D eigenvalue weighted by atomic mass is 10.1. The Hall–Kier alpha value is -3.67. The Bertz CT molecular complexity index is 1050. The van der Waals surface area contributed by atoms with E-state index in [1.807, 2.05) is 24.5 Å². The molecule has 0 spiro atoms. The number of nitrogens with zero attached hydrogens (tertiary/aromatic N) is 2. The van der Waals surface area contributed by atoms with Crippen molar-refractivity contribution in [3.8, 4) is 5.69 Å². The molecule has 1 aromatic heterocycles. The van der Waals surface area contributed by atoms with Crippen LogP contribution in [0.1, 0.15) is 37.7 Å². The molecule has 1 heterocycles. The summed E-state index contributed by atoms with van der Waals surface area (Å²) in [5, 5.41) is 18.4. The van der Waals surface area contributed by atoms with E-state index in [1.165, 1.54) is 12.1 Å². The summed E-state index contributed by atoms with van der Waals surface area (Å²) in [5.41, 5.74) is 4.29. The van der Waals surface area contributed by atoms with E-state index >= 15 is 0 Å². The predicted octanol–water partition coefficient (Wildman–Crippen LogP) is 4.24. The molecular weight excluding hydrogens is 344 g/mol. The average molecular weight is 362 g/mol. The van der Waals surface area contributed by atoms with Crippen LogP contribution in [0.3, 0.4) is 0 Å². The number of carboxylic acid groups (broad SMARTS) is 2. The van der Waals surface area contributed by atoms with Crippen molar-refractivity contribution in [2.75, 3.05) is 0 Å². The molecule has 2 N–H and O–H groups in total. The molecule has 0 saturated carbocycles. The van der Waals surface area contributed by atoms with Gasteiger partial charge in [-0.1, -0.05) is 12.1 Å². The van der Waals surface area contributed by atoms with Crippen molar-refractivity contribution in [1.29, 1.82) is 0 Å². The normalized spacial score (nSPS) is 11.0. The van der Waals surface area contributed by atoms with Crippen molar-refractivity contribution in [2.24, 2.45) is 4.99 Å². The predicted molar refractivity (Wildman–Crippen MR) is 103 cm³/mol. The van der Waals surface area contributed by atoms with Crippen LogP contribution in [0.25, 0.3) is 5.69 Å². The van der Waals surface area contributed by atoms with Crippen LogP contribution >= 0.6 is 0 Å². The van der Waals surface area contributed by atoms with E-state index in [1.54, 1.807) is 42.6 Å². The number of para-hydroxylation sites is 1. The third kappa shape index (κ3) is 3.64. The molecule has 3 aromatic rings. The van der Waals surface area contributed by atoms with Crippen molar-refractivity contribution in [3.63, 3.8) is 0 Å². The first-order valence-electron chi connectivity index (χ1n) is 8.27. The maximum absolute atomic E-state index is 11.5. The Labute approximate surface area is 156 Å². The molecule has 0 unspecified atom stereocenters. The molecule has 0 bridgehead atoms. The molecule has 6 heteroatoms. The zero-order valence-electron chi connectivity index (χ0n) is 14.9. The van der Waals surface area contributed by atoms with Crippen LogP contribution in [0.2, 0.25) is 0 Å². The Kier molecular flexibility index (Phi) is 4.90. The van der Waals surface area contributed by atoms with Gasteiger partial charge in [-0.05, 0) is 56.3 Å². The lowest BCUT2D eigenvalue weighted by Gasteiger charge is -2.12. The van der Waals surface area contributed by atoms with E-state index in [0.29, 0.717) is 11.4 Å². The summed E-state index contributed by atoms with van der Waals surface area (Å²) < 4.78 is 1.89. The van der Waals surface area contributed by atoms with Gasteiger partial charge in [0.1, 0.15) is 0 Å². The van der Waals surface area contributed by atoms with Gasteiger partial charge in [-0.2, -0.15) is 0 Å². The highest BCUT2D eigenvalue weighted by atomic mass is 16.4. The Balaban J connectivity index is 1.97. The molecule has 0 aliphatic carbocycles. The molecule has 0 radical (unpaired) electrons. The van der Waals surface area contributed by atoms with Crippen LogP contribution in [0.4, 0.5) is 5.69 Å². The van der Waals surface area contributed by atoms with Crippen molar-refractivity contribution in [2.45, 2.75) is 13.8 Å². The van der Waals surface area contributed by atoms with Gasteiger partial charge in [-0.15, -0.1) is 0 Å². The summed E-state index contributed by atoms with van der Waals surface area (Å²) >= 11 is 0. The molecule has 3 rings (SSSR count). The van der Waals surface area contributed by atoms with Crippen LogP contribution < -0.4 is 0 Å². The molecule has 0 atom stereocenters. The molecule has 6 nitrogen and oxygen atoms in total. The van der Waals surface area contributed by atoms with Crippen LogP contribution in [0, 0.1) is 13.8 Å². The SMILES string of the molecule is Cc1cc(C=Nc2ccc(C(=O)O)cc2)c(C)n1-c1ccccc1C(=O)O. The topological polar surface area (TPSA) is 91.9 Å². The summed E-state index contributed by atoms with van der Waals surface area (Å²) in [7, 11) is 0. The van der Waals surface area contributed by atoms with E-state index in [2.05, 4.69) is 4.99 Å². The highest BCUT2D eigenvalue weighted by Gasteiger charge is 2.15. The van der Waals surface area contributed by atoms with Gasteiger partial charge >= 0.3 is 11.9 Å². The Morgan fingerprint density at radius 2 is 1.63 bits per heavy atom. The quantitative estimate of drug-likeness (QED) is 0.664. The zero-order valence-corrected chi connectivity index (χ0v) is 14.9. The van der Waals surface area contributed by atoms with Gasteiger partial charge < -0.3 is 14.8 Å². The van der Waals surface area contributed by atoms with E-state index in [9.17, 15) is 14.7 Å². The number of benzene rings is 2. The summed E-state index contributed by atoms with van der Waals surface area (Å²) in [4.78, 5) is 26.8. The molecule has 0 fully saturated rings. The Morgan fingerprint density at radius 1 is 0.963 bits per heavy atom. The first kappa shape index (κ1) is 18.1. The fourth-order valence-corrected chi connectivity index (χ4v) is 2.97. The molecule has 0 amide bonds. The molecular formula is C21H18N2O4. The smallest absolute Gasteiger partial charge is 0.337 e. The van der Waals surface area contributed by atoms with Gasteiger partial charge in [0.15, 0.2) is 0 Å². The second-order valence-corrected chi connectivity index (χ2v) is 6.09. The third-order valence-corrected chi connectivity index (χ3v) is 4.31. The van der Waals surface area contributed by atoms with Crippen molar-refractivity contribution in [1.82, 2.24) is 4.57 Å². The third-order valence-electron chi connectivity index (χ3n) is 4.31. The maximum atomic E-state index is 11.5. The number of carboxylic acids is 2. The number of hydrogen-bond donors (Lipinski definition) is 2. The zero-order chi connectivity index (χ0) is 19.6. The fourth-order valence-electron chi connectivity index (χ4n) is 2.97. The van der Waals surface area contributed by atoms with Crippen molar-refractivity contribution in [3.05, 3.63) is 82.7 Å². The summed E-state index contributed by atoms with van der Waals surface area (Å²) in [6.07, 6.45) is 1.69. The standard InChI is InChI=1S/C21H18N2O4/c1-13-11-16(12-22-17-9-7-15(8-10-17)20(24)25)14(2)23(13)19-6-4-3-5-18(19)21(26)27/h3-12H,1-2H3,(H,24,25)(H,26,27).